The maximum absolute atomic E-state index is 5.35. The van der Waals surface area contributed by atoms with Crippen molar-refractivity contribution < 1.29 is 4.74 Å². The van der Waals surface area contributed by atoms with Crippen LogP contribution in [-0.2, 0) is 4.74 Å². The third-order valence-corrected chi connectivity index (χ3v) is 3.44. The molecule has 0 aromatic heterocycles. The Morgan fingerprint density at radius 3 is 2.67 bits per heavy atom. The van der Waals surface area contributed by atoms with Gasteiger partial charge in [0.15, 0.2) is 0 Å². The molecule has 1 saturated heterocycles. The molecule has 0 amide bonds. The van der Waals surface area contributed by atoms with Crippen molar-refractivity contribution in [1.82, 2.24) is 4.90 Å². The Balaban J connectivity index is 1.72. The van der Waals surface area contributed by atoms with Gasteiger partial charge in [-0.05, 0) is 24.8 Å². The maximum Gasteiger partial charge on any atom is 0.0594 e. The Bertz CT molecular complexity index is 241. The summed E-state index contributed by atoms with van der Waals surface area (Å²) in [6.45, 7) is 7.58. The molecule has 0 aromatic carbocycles. The summed E-state index contributed by atoms with van der Waals surface area (Å²) >= 11 is 0. The first-order chi connectivity index (χ1) is 7.36. The van der Waals surface area contributed by atoms with Crippen LogP contribution in [0.25, 0.3) is 0 Å². The van der Waals surface area contributed by atoms with Gasteiger partial charge >= 0.3 is 0 Å². The van der Waals surface area contributed by atoms with Gasteiger partial charge in [0.05, 0.1) is 13.2 Å². The first-order valence-corrected chi connectivity index (χ1v) is 6.01. The lowest BCUT2D eigenvalue weighted by Crippen LogP contribution is -2.37. The van der Waals surface area contributed by atoms with Crippen molar-refractivity contribution in [1.29, 1.82) is 0 Å². The molecule has 1 heterocycles. The van der Waals surface area contributed by atoms with E-state index in [1.165, 1.54) is 13.0 Å². The molecule has 84 valence electrons. The average molecular weight is 207 g/mol. The van der Waals surface area contributed by atoms with Crippen molar-refractivity contribution in [2.45, 2.75) is 13.3 Å². The highest BCUT2D eigenvalue weighted by Crippen LogP contribution is 2.22. The average Bonchev–Trinajstić information content (AvgIpc) is 2.29. The van der Waals surface area contributed by atoms with E-state index in [9.17, 15) is 0 Å². The minimum absolute atomic E-state index is 0.705. The lowest BCUT2D eigenvalue weighted by Gasteiger charge is -2.29. The number of hydrogen-bond acceptors (Lipinski definition) is 2. The molecule has 2 nitrogen and oxygen atoms in total. The van der Waals surface area contributed by atoms with Gasteiger partial charge in [-0.2, -0.15) is 0 Å². The molecule has 0 N–H and O–H groups in total. The maximum atomic E-state index is 5.35. The molecule has 2 rings (SSSR count). The molecule has 0 bridgehead atoms. The van der Waals surface area contributed by atoms with Gasteiger partial charge in [-0.15, -0.1) is 0 Å². The molecule has 0 saturated carbocycles. The number of hydrogen-bond donors (Lipinski definition) is 0. The fraction of sp³-hybridized carbons (Fsp3) is 0.692. The number of rotatable bonds is 3. The second-order valence-corrected chi connectivity index (χ2v) is 4.54. The molecule has 15 heavy (non-hydrogen) atoms. The molecule has 1 fully saturated rings. The lowest BCUT2D eigenvalue weighted by atomic mass is 9.87. The normalized spacial score (nSPS) is 32.1. The van der Waals surface area contributed by atoms with Gasteiger partial charge in [0, 0.05) is 13.1 Å². The van der Waals surface area contributed by atoms with Crippen molar-refractivity contribution in [3.8, 4) is 0 Å². The van der Waals surface area contributed by atoms with E-state index in [-0.39, 0.29) is 0 Å². The molecule has 2 heteroatoms. The Morgan fingerprint density at radius 1 is 1.20 bits per heavy atom. The van der Waals surface area contributed by atoms with Crippen LogP contribution in [0.5, 0.6) is 0 Å². The van der Waals surface area contributed by atoms with E-state index in [1.54, 1.807) is 0 Å². The molecular formula is C13H21NO. The zero-order chi connectivity index (χ0) is 10.5. The van der Waals surface area contributed by atoms with Crippen molar-refractivity contribution in [2.24, 2.45) is 11.8 Å². The van der Waals surface area contributed by atoms with E-state index < -0.39 is 0 Å². The monoisotopic (exact) mass is 207 g/mol. The Morgan fingerprint density at radius 2 is 1.93 bits per heavy atom. The van der Waals surface area contributed by atoms with Gasteiger partial charge < -0.3 is 4.74 Å². The highest BCUT2D eigenvalue weighted by atomic mass is 16.5. The van der Waals surface area contributed by atoms with E-state index in [2.05, 4.69) is 36.1 Å². The Kier molecular flexibility index (Phi) is 3.98. The first kappa shape index (κ1) is 10.9. The Hall–Kier alpha value is -0.600. The standard InChI is InChI=1S/C13H21NO/c1-12-4-2-3-5-13(12)6-7-14-8-10-15-11-9-14/h2-5,12-13H,6-11H2,1H3. The third-order valence-electron chi connectivity index (χ3n) is 3.44. The smallest absolute Gasteiger partial charge is 0.0594 e. The minimum Gasteiger partial charge on any atom is -0.379 e. The van der Waals surface area contributed by atoms with Crippen LogP contribution >= 0.6 is 0 Å². The van der Waals surface area contributed by atoms with Crippen LogP contribution in [0, 0.1) is 11.8 Å². The number of morpholine rings is 1. The van der Waals surface area contributed by atoms with Gasteiger partial charge in [-0.25, -0.2) is 0 Å². The number of allylic oxidation sites excluding steroid dienone is 4. The first-order valence-electron chi connectivity index (χ1n) is 6.01. The van der Waals surface area contributed by atoms with Gasteiger partial charge in [0.1, 0.15) is 0 Å². The summed E-state index contributed by atoms with van der Waals surface area (Å²) in [5, 5.41) is 0. The summed E-state index contributed by atoms with van der Waals surface area (Å²) in [6, 6.07) is 0. The quantitative estimate of drug-likeness (QED) is 0.702. The van der Waals surface area contributed by atoms with Crippen molar-refractivity contribution in [3.05, 3.63) is 24.3 Å². The molecule has 0 aromatic rings. The van der Waals surface area contributed by atoms with Gasteiger partial charge in [-0.3, -0.25) is 4.90 Å². The summed E-state index contributed by atoms with van der Waals surface area (Å²) in [5.74, 6) is 1.44. The van der Waals surface area contributed by atoms with Gasteiger partial charge in [0.25, 0.3) is 0 Å². The molecule has 0 radical (unpaired) electrons. The predicted octanol–water partition coefficient (Wildman–Crippen LogP) is 2.09. The van der Waals surface area contributed by atoms with E-state index in [0.29, 0.717) is 5.92 Å². The molecule has 2 unspecified atom stereocenters. The molecule has 1 aliphatic heterocycles. The fourth-order valence-corrected chi connectivity index (χ4v) is 2.28. The van der Waals surface area contributed by atoms with Crippen LogP contribution < -0.4 is 0 Å². The van der Waals surface area contributed by atoms with Crippen LogP contribution in [0.4, 0.5) is 0 Å². The number of nitrogens with zero attached hydrogens (tertiary/aromatic N) is 1. The predicted molar refractivity (Wildman–Crippen MR) is 62.8 cm³/mol. The third kappa shape index (κ3) is 3.18. The lowest BCUT2D eigenvalue weighted by molar-refractivity contribution is 0.0356. The SMILES string of the molecule is CC1C=CC=CC1CCN1CCOCC1. The van der Waals surface area contributed by atoms with E-state index in [0.717, 1.165) is 32.2 Å². The summed E-state index contributed by atoms with van der Waals surface area (Å²) in [5.41, 5.74) is 0. The minimum atomic E-state index is 0.705. The topological polar surface area (TPSA) is 12.5 Å². The molecule has 2 atom stereocenters. The van der Waals surface area contributed by atoms with Crippen LogP contribution in [0.2, 0.25) is 0 Å². The van der Waals surface area contributed by atoms with Gasteiger partial charge in [-0.1, -0.05) is 31.2 Å². The highest BCUT2D eigenvalue weighted by molar-refractivity contribution is 5.13. The largest absolute Gasteiger partial charge is 0.379 e. The Labute approximate surface area is 92.6 Å². The highest BCUT2D eigenvalue weighted by Gasteiger charge is 2.16. The molecule has 0 spiro atoms. The fourth-order valence-electron chi connectivity index (χ4n) is 2.28. The summed E-state index contributed by atoms with van der Waals surface area (Å²) in [6.07, 6.45) is 10.3. The van der Waals surface area contributed by atoms with E-state index >= 15 is 0 Å². The zero-order valence-corrected chi connectivity index (χ0v) is 9.56. The second-order valence-electron chi connectivity index (χ2n) is 4.54. The van der Waals surface area contributed by atoms with E-state index in [1.807, 2.05) is 0 Å². The number of ether oxygens (including phenoxy) is 1. The van der Waals surface area contributed by atoms with Gasteiger partial charge in [0.2, 0.25) is 0 Å². The van der Waals surface area contributed by atoms with Crippen LogP contribution in [0.15, 0.2) is 24.3 Å². The summed E-state index contributed by atoms with van der Waals surface area (Å²) in [7, 11) is 0. The zero-order valence-electron chi connectivity index (χ0n) is 9.56. The van der Waals surface area contributed by atoms with E-state index in [4.69, 9.17) is 4.74 Å². The molecular weight excluding hydrogens is 186 g/mol. The van der Waals surface area contributed by atoms with Crippen LogP contribution in [0.3, 0.4) is 0 Å². The second kappa shape index (κ2) is 5.47. The van der Waals surface area contributed by atoms with Crippen LogP contribution in [-0.4, -0.2) is 37.7 Å². The molecule has 2 aliphatic rings. The van der Waals surface area contributed by atoms with Crippen molar-refractivity contribution >= 4 is 0 Å². The van der Waals surface area contributed by atoms with Crippen LogP contribution in [0.1, 0.15) is 13.3 Å². The summed E-state index contributed by atoms with van der Waals surface area (Å²) < 4.78 is 5.35. The summed E-state index contributed by atoms with van der Waals surface area (Å²) in [4.78, 5) is 2.52. The van der Waals surface area contributed by atoms with Crippen molar-refractivity contribution in [3.63, 3.8) is 0 Å². The van der Waals surface area contributed by atoms with Crippen molar-refractivity contribution in [2.75, 3.05) is 32.8 Å². The molecule has 1 aliphatic carbocycles.